The first kappa shape index (κ1) is 18.5. The molecule has 0 amide bonds. The summed E-state index contributed by atoms with van der Waals surface area (Å²) in [4.78, 5) is 13.4. The van der Waals surface area contributed by atoms with Crippen molar-refractivity contribution in [2.24, 2.45) is 0 Å². The van der Waals surface area contributed by atoms with Crippen LogP contribution >= 0.6 is 0 Å². The summed E-state index contributed by atoms with van der Waals surface area (Å²) >= 11 is 0. The molecule has 0 aliphatic carbocycles. The molecule has 7 heteroatoms. The maximum Gasteiger partial charge on any atom is 0.387 e. The standard InChI is InChI=1S/C19H24F2N4O/c1-14-9-10-22-19(23-14)24(2)16-4-3-11-25(13-16)12-15-5-7-17(8-6-15)26-18(20)21/h5-10,16,18H,3-4,11-13H2,1-2H3. The van der Waals surface area contributed by atoms with Gasteiger partial charge in [-0.15, -0.1) is 0 Å². The second-order valence-corrected chi connectivity index (χ2v) is 6.66. The van der Waals surface area contributed by atoms with Crippen molar-refractivity contribution >= 4 is 5.95 Å². The van der Waals surface area contributed by atoms with E-state index in [1.807, 2.05) is 32.2 Å². The fourth-order valence-corrected chi connectivity index (χ4v) is 3.29. The fraction of sp³-hybridized carbons (Fsp3) is 0.474. The van der Waals surface area contributed by atoms with Crippen molar-refractivity contribution in [3.8, 4) is 5.75 Å². The molecule has 26 heavy (non-hydrogen) atoms. The molecule has 1 unspecified atom stereocenters. The third-order valence-electron chi connectivity index (χ3n) is 4.68. The summed E-state index contributed by atoms with van der Waals surface area (Å²) < 4.78 is 28.9. The fourth-order valence-electron chi connectivity index (χ4n) is 3.29. The summed E-state index contributed by atoms with van der Waals surface area (Å²) in [5.74, 6) is 0.946. The highest BCUT2D eigenvalue weighted by molar-refractivity contribution is 5.31. The molecule has 1 aliphatic heterocycles. The molecular weight excluding hydrogens is 338 g/mol. The van der Waals surface area contributed by atoms with Gasteiger partial charge in [-0.25, -0.2) is 9.97 Å². The highest BCUT2D eigenvalue weighted by Gasteiger charge is 2.24. The van der Waals surface area contributed by atoms with Gasteiger partial charge in [0.05, 0.1) is 0 Å². The van der Waals surface area contributed by atoms with E-state index in [1.165, 1.54) is 0 Å². The number of aryl methyl sites for hydroxylation is 1. The van der Waals surface area contributed by atoms with Gasteiger partial charge in [-0.2, -0.15) is 8.78 Å². The van der Waals surface area contributed by atoms with E-state index in [1.54, 1.807) is 18.3 Å². The van der Waals surface area contributed by atoms with Crippen molar-refractivity contribution in [2.45, 2.75) is 39.0 Å². The Labute approximate surface area is 152 Å². The minimum absolute atomic E-state index is 0.191. The first-order valence-electron chi connectivity index (χ1n) is 8.80. The lowest BCUT2D eigenvalue weighted by atomic mass is 10.0. The first-order chi connectivity index (χ1) is 12.5. The normalized spacial score (nSPS) is 18.1. The Bertz CT molecular complexity index is 711. The van der Waals surface area contributed by atoms with Crippen LogP contribution in [-0.2, 0) is 6.54 Å². The lowest BCUT2D eigenvalue weighted by Crippen LogP contribution is -2.46. The van der Waals surface area contributed by atoms with Gasteiger partial charge in [0.1, 0.15) is 5.75 Å². The molecular formula is C19H24F2N4O. The molecule has 1 aliphatic rings. The third kappa shape index (κ3) is 4.88. The van der Waals surface area contributed by atoms with Crippen LogP contribution in [-0.4, -0.2) is 47.7 Å². The number of alkyl halides is 2. The van der Waals surface area contributed by atoms with Crippen molar-refractivity contribution in [3.63, 3.8) is 0 Å². The predicted octanol–water partition coefficient (Wildman–Crippen LogP) is 3.49. The van der Waals surface area contributed by atoms with Gasteiger partial charge >= 0.3 is 6.61 Å². The minimum atomic E-state index is -2.79. The molecule has 0 bridgehead atoms. The van der Waals surface area contributed by atoms with E-state index in [2.05, 4.69) is 24.5 Å². The summed E-state index contributed by atoms with van der Waals surface area (Å²) in [6.07, 6.45) is 4.00. The van der Waals surface area contributed by atoms with Gasteiger partial charge < -0.3 is 9.64 Å². The van der Waals surface area contributed by atoms with Crippen LogP contribution in [0, 0.1) is 6.92 Å². The van der Waals surface area contributed by atoms with Crippen molar-refractivity contribution in [2.75, 3.05) is 25.0 Å². The zero-order valence-electron chi connectivity index (χ0n) is 15.1. The summed E-state index contributed by atoms with van der Waals surface area (Å²) in [5.41, 5.74) is 2.04. The summed E-state index contributed by atoms with van der Waals surface area (Å²) in [6.45, 7) is 1.90. The van der Waals surface area contributed by atoms with E-state index in [-0.39, 0.29) is 5.75 Å². The molecule has 0 spiro atoms. The summed E-state index contributed by atoms with van der Waals surface area (Å²) in [7, 11) is 2.04. The van der Waals surface area contributed by atoms with Gasteiger partial charge in [0.15, 0.2) is 0 Å². The number of rotatable bonds is 6. The summed E-state index contributed by atoms with van der Waals surface area (Å²) in [5, 5.41) is 0. The highest BCUT2D eigenvalue weighted by Crippen LogP contribution is 2.21. The summed E-state index contributed by atoms with van der Waals surface area (Å²) in [6, 6.07) is 9.12. The SMILES string of the molecule is Cc1ccnc(N(C)C2CCCN(Cc3ccc(OC(F)F)cc3)C2)n1. The van der Waals surface area contributed by atoms with Crippen molar-refractivity contribution in [1.29, 1.82) is 0 Å². The molecule has 3 rings (SSSR count). The number of aromatic nitrogens is 2. The van der Waals surface area contributed by atoms with Gasteiger partial charge in [-0.05, 0) is 50.1 Å². The first-order valence-corrected chi connectivity index (χ1v) is 8.80. The van der Waals surface area contributed by atoms with Crippen LogP contribution in [0.3, 0.4) is 0 Å². The average Bonchev–Trinajstić information content (AvgIpc) is 2.62. The van der Waals surface area contributed by atoms with Gasteiger partial charge in [-0.1, -0.05) is 12.1 Å². The van der Waals surface area contributed by atoms with Gasteiger partial charge in [-0.3, -0.25) is 4.90 Å². The van der Waals surface area contributed by atoms with Crippen LogP contribution in [0.2, 0.25) is 0 Å². The Morgan fingerprint density at radius 3 is 2.73 bits per heavy atom. The van der Waals surface area contributed by atoms with Gasteiger partial charge in [0, 0.05) is 38.1 Å². The monoisotopic (exact) mass is 362 g/mol. The number of hydrogen-bond donors (Lipinski definition) is 0. The van der Waals surface area contributed by atoms with Crippen molar-refractivity contribution < 1.29 is 13.5 Å². The zero-order chi connectivity index (χ0) is 18.5. The molecule has 5 nitrogen and oxygen atoms in total. The number of anilines is 1. The number of ether oxygens (including phenoxy) is 1. The van der Waals surface area contributed by atoms with Crippen molar-refractivity contribution in [1.82, 2.24) is 14.9 Å². The number of benzene rings is 1. The van der Waals surface area contributed by atoms with E-state index in [9.17, 15) is 8.78 Å². The molecule has 1 fully saturated rings. The molecule has 0 radical (unpaired) electrons. The number of likely N-dealkylation sites (tertiary alicyclic amines) is 1. The minimum Gasteiger partial charge on any atom is -0.435 e. The number of halogens is 2. The van der Waals surface area contributed by atoms with E-state index in [0.29, 0.717) is 6.04 Å². The lowest BCUT2D eigenvalue weighted by Gasteiger charge is -2.37. The maximum absolute atomic E-state index is 12.2. The molecule has 1 saturated heterocycles. The second kappa shape index (κ2) is 8.40. The van der Waals surface area contributed by atoms with E-state index in [4.69, 9.17) is 0 Å². The topological polar surface area (TPSA) is 41.5 Å². The number of piperidine rings is 1. The number of hydrogen-bond acceptors (Lipinski definition) is 5. The Morgan fingerprint density at radius 2 is 2.04 bits per heavy atom. The van der Waals surface area contributed by atoms with E-state index < -0.39 is 6.61 Å². The van der Waals surface area contributed by atoms with E-state index in [0.717, 1.165) is 49.7 Å². The van der Waals surface area contributed by atoms with Gasteiger partial charge in [0.25, 0.3) is 0 Å². The van der Waals surface area contributed by atoms with Crippen LogP contribution in [0.15, 0.2) is 36.5 Å². The quantitative estimate of drug-likeness (QED) is 0.787. The largest absolute Gasteiger partial charge is 0.435 e. The Kier molecular flexibility index (Phi) is 5.98. The molecule has 140 valence electrons. The molecule has 0 N–H and O–H groups in total. The van der Waals surface area contributed by atoms with Crippen molar-refractivity contribution in [3.05, 3.63) is 47.8 Å². The average molecular weight is 362 g/mol. The van der Waals surface area contributed by atoms with Gasteiger partial charge in [0.2, 0.25) is 5.95 Å². The van der Waals surface area contributed by atoms with Crippen LogP contribution in [0.25, 0.3) is 0 Å². The van der Waals surface area contributed by atoms with Crippen LogP contribution in [0.4, 0.5) is 14.7 Å². The molecule has 2 aromatic rings. The van der Waals surface area contributed by atoms with Crippen LogP contribution in [0.1, 0.15) is 24.1 Å². The van der Waals surface area contributed by atoms with Crippen LogP contribution in [0.5, 0.6) is 5.75 Å². The molecule has 1 aromatic heterocycles. The van der Waals surface area contributed by atoms with E-state index >= 15 is 0 Å². The second-order valence-electron chi connectivity index (χ2n) is 6.66. The van der Waals surface area contributed by atoms with Crippen LogP contribution < -0.4 is 9.64 Å². The molecule has 2 heterocycles. The smallest absolute Gasteiger partial charge is 0.387 e. The Hall–Kier alpha value is -2.28. The Morgan fingerprint density at radius 1 is 1.27 bits per heavy atom. The number of likely N-dealkylation sites (N-methyl/N-ethyl adjacent to an activating group) is 1. The lowest BCUT2D eigenvalue weighted by molar-refractivity contribution is -0.0498. The Balaban J connectivity index is 1.59. The predicted molar refractivity (Wildman–Crippen MR) is 96.5 cm³/mol. The molecule has 1 atom stereocenters. The third-order valence-corrected chi connectivity index (χ3v) is 4.68. The highest BCUT2D eigenvalue weighted by atomic mass is 19.3. The molecule has 0 saturated carbocycles. The zero-order valence-corrected chi connectivity index (χ0v) is 15.1. The molecule has 1 aromatic carbocycles. The number of nitrogens with zero attached hydrogens (tertiary/aromatic N) is 4. The maximum atomic E-state index is 12.2.